The van der Waals surface area contributed by atoms with Gasteiger partial charge < -0.3 is 15.5 Å². The molecule has 1 aliphatic rings. The number of anilines is 1. The predicted octanol–water partition coefficient (Wildman–Crippen LogP) is 1.40. The topological polar surface area (TPSA) is 78.5 Å². The summed E-state index contributed by atoms with van der Waals surface area (Å²) in [6, 6.07) is 17.2. The Balaban J connectivity index is 1.97. The molecule has 0 radical (unpaired) electrons. The van der Waals surface area contributed by atoms with Crippen LogP contribution in [0.15, 0.2) is 54.6 Å². The van der Waals surface area contributed by atoms with Gasteiger partial charge in [0.15, 0.2) is 0 Å². The molecule has 0 unspecified atom stereocenters. The van der Waals surface area contributed by atoms with E-state index >= 15 is 0 Å². The molecule has 0 fully saturated rings. The average Bonchev–Trinajstić information content (AvgIpc) is 2.89. The predicted molar refractivity (Wildman–Crippen MR) is 103 cm³/mol. The minimum atomic E-state index is -0.987. The maximum atomic E-state index is 13.3. The summed E-state index contributed by atoms with van der Waals surface area (Å²) in [5.74, 6) is -0.716. The standard InChI is InChI=1S/C21H23N3O3/c1-22-19(26)14-23-18(25)13-21(12-15-8-4-3-5-9-15)16-10-6-7-11-17(16)24(2)20(21)27/h3-11H,12-14H2,1-2H3,(H,22,26)(H,23,25)/t21-/m0/s1. The Labute approximate surface area is 158 Å². The van der Waals surface area contributed by atoms with Crippen LogP contribution in [0.4, 0.5) is 5.69 Å². The Hall–Kier alpha value is -3.15. The van der Waals surface area contributed by atoms with E-state index in [0.717, 1.165) is 16.8 Å². The number of amides is 3. The van der Waals surface area contributed by atoms with E-state index in [2.05, 4.69) is 10.6 Å². The van der Waals surface area contributed by atoms with Crippen LogP contribution in [-0.2, 0) is 26.2 Å². The fraction of sp³-hybridized carbons (Fsp3) is 0.286. The lowest BCUT2D eigenvalue weighted by atomic mass is 9.73. The first-order valence-corrected chi connectivity index (χ1v) is 8.87. The van der Waals surface area contributed by atoms with Crippen LogP contribution in [0.1, 0.15) is 17.5 Å². The monoisotopic (exact) mass is 365 g/mol. The molecule has 0 spiro atoms. The molecule has 0 aliphatic carbocycles. The minimum Gasteiger partial charge on any atom is -0.358 e. The third-order valence-corrected chi connectivity index (χ3v) is 5.03. The molecule has 1 atom stereocenters. The van der Waals surface area contributed by atoms with Crippen LogP contribution in [0.5, 0.6) is 0 Å². The number of carbonyl (C=O) groups excluding carboxylic acids is 3. The summed E-state index contributed by atoms with van der Waals surface area (Å²) in [5.41, 5.74) is 1.66. The SMILES string of the molecule is CNC(=O)CNC(=O)C[C@]1(Cc2ccccc2)C(=O)N(C)c2ccccc21. The fourth-order valence-electron chi connectivity index (χ4n) is 3.67. The second-order valence-electron chi connectivity index (χ2n) is 6.75. The molecule has 3 amide bonds. The molecule has 2 aromatic carbocycles. The van der Waals surface area contributed by atoms with Gasteiger partial charge in [-0.1, -0.05) is 48.5 Å². The zero-order chi connectivity index (χ0) is 19.4. The van der Waals surface area contributed by atoms with Crippen molar-refractivity contribution in [2.24, 2.45) is 0 Å². The van der Waals surface area contributed by atoms with Crippen molar-refractivity contribution in [2.45, 2.75) is 18.3 Å². The van der Waals surface area contributed by atoms with Crippen molar-refractivity contribution in [1.29, 1.82) is 0 Å². The van der Waals surface area contributed by atoms with Gasteiger partial charge in [0.05, 0.1) is 12.0 Å². The van der Waals surface area contributed by atoms with Crippen LogP contribution >= 0.6 is 0 Å². The van der Waals surface area contributed by atoms with Gasteiger partial charge in [0.2, 0.25) is 17.7 Å². The number of fused-ring (bicyclic) bond motifs is 1. The van der Waals surface area contributed by atoms with Gasteiger partial charge in [0, 0.05) is 26.2 Å². The van der Waals surface area contributed by atoms with Gasteiger partial charge in [-0.2, -0.15) is 0 Å². The lowest BCUT2D eigenvalue weighted by molar-refractivity contribution is -0.130. The smallest absolute Gasteiger partial charge is 0.239 e. The Morgan fingerprint density at radius 1 is 1.00 bits per heavy atom. The second kappa shape index (κ2) is 7.61. The Morgan fingerprint density at radius 3 is 2.37 bits per heavy atom. The normalized spacial score (nSPS) is 18.1. The minimum absolute atomic E-state index is 0.0148. The van der Waals surface area contributed by atoms with Crippen molar-refractivity contribution < 1.29 is 14.4 Å². The van der Waals surface area contributed by atoms with Crippen molar-refractivity contribution in [3.05, 3.63) is 65.7 Å². The Bertz CT molecular complexity index is 866. The zero-order valence-corrected chi connectivity index (χ0v) is 15.5. The van der Waals surface area contributed by atoms with Crippen molar-refractivity contribution >= 4 is 23.4 Å². The van der Waals surface area contributed by atoms with Gasteiger partial charge in [-0.25, -0.2) is 0 Å². The molecule has 1 aliphatic heterocycles. The van der Waals surface area contributed by atoms with Crippen LogP contribution < -0.4 is 15.5 Å². The van der Waals surface area contributed by atoms with E-state index in [4.69, 9.17) is 0 Å². The molecular formula is C21H23N3O3. The maximum absolute atomic E-state index is 13.3. The molecule has 1 heterocycles. The second-order valence-corrected chi connectivity index (χ2v) is 6.75. The average molecular weight is 365 g/mol. The lowest BCUT2D eigenvalue weighted by Crippen LogP contribution is -2.45. The highest BCUT2D eigenvalue weighted by molar-refractivity contribution is 6.10. The van der Waals surface area contributed by atoms with E-state index < -0.39 is 5.41 Å². The van der Waals surface area contributed by atoms with Gasteiger partial charge >= 0.3 is 0 Å². The molecule has 0 aromatic heterocycles. The van der Waals surface area contributed by atoms with Crippen molar-refractivity contribution in [3.8, 4) is 0 Å². The van der Waals surface area contributed by atoms with Gasteiger partial charge in [-0.05, 0) is 23.6 Å². The van der Waals surface area contributed by atoms with E-state index in [0.29, 0.717) is 6.42 Å². The number of para-hydroxylation sites is 1. The molecule has 2 aromatic rings. The third kappa shape index (κ3) is 3.56. The number of likely N-dealkylation sites (N-methyl/N-ethyl adjacent to an activating group) is 2. The van der Waals surface area contributed by atoms with Gasteiger partial charge in [-0.3, -0.25) is 14.4 Å². The molecule has 0 saturated heterocycles. The van der Waals surface area contributed by atoms with Crippen molar-refractivity contribution in [1.82, 2.24) is 10.6 Å². The van der Waals surface area contributed by atoms with E-state index in [-0.39, 0.29) is 30.7 Å². The summed E-state index contributed by atoms with van der Waals surface area (Å²) in [5, 5.41) is 5.08. The van der Waals surface area contributed by atoms with E-state index in [1.807, 2.05) is 54.6 Å². The summed E-state index contributed by atoms with van der Waals surface area (Å²) < 4.78 is 0. The number of nitrogens with one attached hydrogen (secondary N) is 2. The van der Waals surface area contributed by atoms with Crippen LogP contribution in [0.25, 0.3) is 0 Å². The Kier molecular flexibility index (Phi) is 5.26. The molecule has 0 bridgehead atoms. The highest BCUT2D eigenvalue weighted by Crippen LogP contribution is 2.45. The first-order chi connectivity index (χ1) is 13.0. The molecule has 6 nitrogen and oxygen atoms in total. The summed E-state index contributed by atoms with van der Waals surface area (Å²) in [7, 11) is 3.24. The number of benzene rings is 2. The first-order valence-electron chi connectivity index (χ1n) is 8.87. The molecule has 0 saturated carbocycles. The van der Waals surface area contributed by atoms with Crippen LogP contribution in [0.3, 0.4) is 0 Å². The first kappa shape index (κ1) is 18.6. The number of carbonyl (C=O) groups is 3. The fourth-order valence-corrected chi connectivity index (χ4v) is 3.67. The summed E-state index contributed by atoms with van der Waals surface area (Å²) >= 11 is 0. The lowest BCUT2D eigenvalue weighted by Gasteiger charge is -2.28. The number of hydrogen-bond donors (Lipinski definition) is 2. The number of nitrogens with zero attached hydrogens (tertiary/aromatic N) is 1. The van der Waals surface area contributed by atoms with Crippen LogP contribution in [0.2, 0.25) is 0 Å². The molecule has 3 rings (SSSR count). The number of rotatable bonds is 6. The summed E-state index contributed by atoms with van der Waals surface area (Å²) in [6.45, 7) is -0.109. The zero-order valence-electron chi connectivity index (χ0n) is 15.5. The number of hydrogen-bond acceptors (Lipinski definition) is 3. The van der Waals surface area contributed by atoms with E-state index in [9.17, 15) is 14.4 Å². The van der Waals surface area contributed by atoms with Gasteiger partial charge in [0.1, 0.15) is 0 Å². The third-order valence-electron chi connectivity index (χ3n) is 5.03. The molecule has 6 heteroatoms. The Morgan fingerprint density at radius 2 is 1.67 bits per heavy atom. The molecule has 140 valence electrons. The molecule has 2 N–H and O–H groups in total. The van der Waals surface area contributed by atoms with Gasteiger partial charge in [-0.15, -0.1) is 0 Å². The largest absolute Gasteiger partial charge is 0.358 e. The molecule has 27 heavy (non-hydrogen) atoms. The quantitative estimate of drug-likeness (QED) is 0.812. The van der Waals surface area contributed by atoms with E-state index in [1.54, 1.807) is 11.9 Å². The van der Waals surface area contributed by atoms with Gasteiger partial charge in [0.25, 0.3) is 0 Å². The molecular weight excluding hydrogens is 342 g/mol. The van der Waals surface area contributed by atoms with E-state index in [1.165, 1.54) is 7.05 Å². The van der Waals surface area contributed by atoms with Crippen LogP contribution in [-0.4, -0.2) is 38.4 Å². The summed E-state index contributed by atoms with van der Waals surface area (Å²) in [6.07, 6.45) is 0.403. The highest BCUT2D eigenvalue weighted by Gasteiger charge is 2.50. The van der Waals surface area contributed by atoms with Crippen molar-refractivity contribution in [3.63, 3.8) is 0 Å². The van der Waals surface area contributed by atoms with Crippen molar-refractivity contribution in [2.75, 3.05) is 25.5 Å². The summed E-state index contributed by atoms with van der Waals surface area (Å²) in [4.78, 5) is 39.0. The van der Waals surface area contributed by atoms with Crippen LogP contribution in [0, 0.1) is 0 Å². The highest BCUT2D eigenvalue weighted by atomic mass is 16.2. The maximum Gasteiger partial charge on any atom is 0.239 e.